The molecule has 0 amide bonds. The van der Waals surface area contributed by atoms with Gasteiger partial charge in [-0.3, -0.25) is 4.90 Å². The second-order valence-corrected chi connectivity index (χ2v) is 28.0. The lowest BCUT2D eigenvalue weighted by molar-refractivity contribution is 0.0463. The summed E-state index contributed by atoms with van der Waals surface area (Å²) in [7, 11) is 0. The molecule has 0 spiro atoms. The van der Waals surface area contributed by atoms with E-state index in [4.69, 9.17) is 47.1 Å². The van der Waals surface area contributed by atoms with Gasteiger partial charge in [0.25, 0.3) is 0 Å². The number of carbonyl (C=O) groups is 4. The fourth-order valence-corrected chi connectivity index (χ4v) is 17.6. The zero-order valence-corrected chi connectivity index (χ0v) is 63.1. The summed E-state index contributed by atoms with van der Waals surface area (Å²) >= 11 is 25.7. The number of nitrogens with zero attached hydrogens (tertiary/aromatic N) is 4. The molecule has 2 aliphatic rings. The Balaban J connectivity index is 1.37. The van der Waals surface area contributed by atoms with Gasteiger partial charge in [-0.15, -0.1) is 0 Å². The SMILES string of the molecule is CCOC(=O)c1ccc(C2(c3ccccc3)N=C(c3ccccc3Br)N(C3(c4ccccc4Br)N(c4ccccc4Cl)C(c4ccccc4)(c4ccc(C(=O)OCC)cc4)C(c4ccccc4)(c4ccc(C(=O)OCC)cc4)N3c3ccccc3Cl)C2(c2ccccc2)c2ccc(C(=O)OCC)cc2)cc1. The van der Waals surface area contributed by atoms with E-state index >= 15 is 0 Å². The predicted octanol–water partition coefficient (Wildman–Crippen LogP) is 20.9. The van der Waals surface area contributed by atoms with E-state index in [2.05, 4.69) is 107 Å². The number of benzene rings is 12. The third-order valence-corrected chi connectivity index (χ3v) is 22.1. The smallest absolute Gasteiger partial charge is 0.338 e. The van der Waals surface area contributed by atoms with Crippen molar-refractivity contribution in [2.45, 2.75) is 55.6 Å². The molecule has 4 atom stereocenters. The van der Waals surface area contributed by atoms with E-state index in [1.165, 1.54) is 0 Å². The molecule has 2 aliphatic heterocycles. The molecule has 0 saturated carbocycles. The average molecular weight is 1570 g/mol. The van der Waals surface area contributed by atoms with E-state index in [1.54, 1.807) is 39.8 Å². The molecule has 14 rings (SSSR count). The van der Waals surface area contributed by atoms with Crippen molar-refractivity contribution in [1.29, 1.82) is 0 Å². The van der Waals surface area contributed by atoms with Crippen molar-refractivity contribution < 1.29 is 38.1 Å². The van der Waals surface area contributed by atoms with E-state index in [-0.39, 0.29) is 32.0 Å². The first-order valence-corrected chi connectivity index (χ1v) is 37.4. The van der Waals surface area contributed by atoms with Crippen LogP contribution in [0.3, 0.4) is 0 Å². The van der Waals surface area contributed by atoms with E-state index in [0.29, 0.717) is 109 Å². The number of anilines is 2. The molecule has 4 unspecified atom stereocenters. The number of hydrogen-bond donors (Lipinski definition) is 0. The quantitative estimate of drug-likeness (QED) is 0.0504. The van der Waals surface area contributed by atoms with Crippen LogP contribution in [0.1, 0.15) is 125 Å². The van der Waals surface area contributed by atoms with Crippen molar-refractivity contribution in [1.82, 2.24) is 4.90 Å². The zero-order valence-electron chi connectivity index (χ0n) is 58.4. The Kier molecular flexibility index (Phi) is 20.6. The minimum absolute atomic E-state index is 0.123. The lowest BCUT2D eigenvalue weighted by Gasteiger charge is -2.62. The topological polar surface area (TPSA) is 127 Å². The second-order valence-electron chi connectivity index (χ2n) is 25.4. The van der Waals surface area contributed by atoms with E-state index < -0.39 is 51.8 Å². The van der Waals surface area contributed by atoms with Crippen LogP contribution in [0, 0.1) is 0 Å². The normalized spacial score (nSPS) is 19.6. The van der Waals surface area contributed by atoms with Crippen LogP contribution in [0.2, 0.25) is 10.0 Å². The molecular formula is C90H72Br2Cl2N4O8. The van der Waals surface area contributed by atoms with Gasteiger partial charge in [-0.1, -0.05) is 286 Å². The number of rotatable bonds is 21. The highest BCUT2D eigenvalue weighted by Crippen LogP contribution is 2.75. The van der Waals surface area contributed by atoms with Crippen molar-refractivity contribution in [3.63, 3.8) is 0 Å². The molecule has 2 heterocycles. The van der Waals surface area contributed by atoms with Gasteiger partial charge in [0.2, 0.25) is 5.79 Å². The predicted molar refractivity (Wildman–Crippen MR) is 425 cm³/mol. The van der Waals surface area contributed by atoms with Gasteiger partial charge in [-0.25, -0.2) is 24.2 Å². The van der Waals surface area contributed by atoms with Gasteiger partial charge in [0.15, 0.2) is 0 Å². The van der Waals surface area contributed by atoms with Gasteiger partial charge in [0, 0.05) is 20.1 Å². The maximum Gasteiger partial charge on any atom is 0.338 e. The molecule has 0 bridgehead atoms. The first-order valence-electron chi connectivity index (χ1n) is 35.1. The highest BCUT2D eigenvalue weighted by molar-refractivity contribution is 9.10. The summed E-state index contributed by atoms with van der Waals surface area (Å²) in [5.41, 5.74) is 1.24. The fourth-order valence-electron chi connectivity index (χ4n) is 16.2. The van der Waals surface area contributed by atoms with Crippen molar-refractivity contribution in [3.8, 4) is 0 Å². The highest BCUT2D eigenvalue weighted by Gasteiger charge is 2.82. The molecule has 0 radical (unpaired) electrons. The second kappa shape index (κ2) is 30.3. The van der Waals surface area contributed by atoms with E-state index in [1.807, 2.05) is 243 Å². The van der Waals surface area contributed by atoms with Gasteiger partial charge in [-0.05, 0) is 157 Å². The lowest BCUT2D eigenvalue weighted by Crippen LogP contribution is -2.73. The highest BCUT2D eigenvalue weighted by atomic mass is 79.9. The Labute approximate surface area is 643 Å². The van der Waals surface area contributed by atoms with Gasteiger partial charge in [0.1, 0.15) is 28.0 Å². The van der Waals surface area contributed by atoms with Crippen molar-refractivity contribution in [2.24, 2.45) is 4.99 Å². The van der Waals surface area contributed by atoms with Crippen molar-refractivity contribution in [2.75, 3.05) is 36.2 Å². The van der Waals surface area contributed by atoms with Gasteiger partial charge < -0.3 is 28.7 Å². The van der Waals surface area contributed by atoms with Gasteiger partial charge in [0.05, 0.1) is 70.1 Å². The molecule has 0 N–H and O–H groups in total. The Morgan fingerprint density at radius 2 is 0.604 bits per heavy atom. The molecule has 16 heteroatoms. The van der Waals surface area contributed by atoms with E-state index in [0.717, 1.165) is 0 Å². The van der Waals surface area contributed by atoms with E-state index in [9.17, 15) is 19.2 Å². The van der Waals surface area contributed by atoms with Crippen LogP contribution in [0.4, 0.5) is 11.4 Å². The third-order valence-electron chi connectivity index (χ3n) is 20.0. The number of ether oxygens (including phenoxy) is 4. The van der Waals surface area contributed by atoms with Crippen LogP contribution < -0.4 is 9.80 Å². The standard InChI is InChI=1S/C90H72Br2Cl2N4O8/c1-5-103-82(99)61-45-53-66(54-46-61)86(65-29-13-9-14-30-65)87(67-31-15-10-16-32-67,70-55-47-62(48-56-70)83(100)104-6-2)98(81(95-86)73-37-21-23-39-75(73)91)90(74-38-22-24-40-76(74)92)96(79-43-27-25-41-77(79)93)88(68-33-17-11-18-34-68,71-57-49-63(50-58-71)84(101)105-7-3)89(69-35-19-12-20-36-69,97(90)80-44-28-26-42-78(80)94)72-59-51-64(52-60-72)85(102)106-8-4/h9-60H,5-8H2,1-4H3. The molecule has 1 fully saturated rings. The van der Waals surface area contributed by atoms with Crippen LogP contribution in [0.25, 0.3) is 0 Å². The van der Waals surface area contributed by atoms with Gasteiger partial charge in [-0.2, -0.15) is 0 Å². The number of halogens is 4. The van der Waals surface area contributed by atoms with Crippen LogP contribution >= 0.6 is 55.1 Å². The Bertz CT molecular complexity index is 5080. The van der Waals surface area contributed by atoms with Crippen LogP contribution in [-0.4, -0.2) is 61.0 Å². The molecule has 12 aromatic carbocycles. The number of aliphatic imine (C=N–C) groups is 1. The summed E-state index contributed by atoms with van der Waals surface area (Å²) in [6.45, 7) is 7.63. The summed E-state index contributed by atoms with van der Waals surface area (Å²) in [6.07, 6.45) is 0. The summed E-state index contributed by atoms with van der Waals surface area (Å²) in [4.78, 5) is 71.7. The molecule has 106 heavy (non-hydrogen) atoms. The maximum absolute atomic E-state index is 14.5. The molecule has 528 valence electrons. The number of esters is 4. The molecule has 12 nitrogen and oxygen atoms in total. The summed E-state index contributed by atoms with van der Waals surface area (Å²) in [5.74, 6) is -3.88. The monoisotopic (exact) mass is 1560 g/mol. The summed E-state index contributed by atoms with van der Waals surface area (Å²) in [6, 6.07) is 103. The first kappa shape index (κ1) is 72.1. The molecule has 1 saturated heterocycles. The number of para-hydroxylation sites is 2. The third kappa shape index (κ3) is 11.5. The summed E-state index contributed by atoms with van der Waals surface area (Å²) < 4.78 is 24.5. The molecular weight excluding hydrogens is 1500 g/mol. The van der Waals surface area contributed by atoms with Crippen LogP contribution in [0.5, 0.6) is 0 Å². The number of hydrogen-bond acceptors (Lipinski definition) is 12. The van der Waals surface area contributed by atoms with Crippen LogP contribution in [-0.2, 0) is 46.9 Å². The summed E-state index contributed by atoms with van der Waals surface area (Å²) in [5, 5.41) is 0.629. The Morgan fingerprint density at radius 3 is 0.962 bits per heavy atom. The minimum atomic E-state index is -2.19. The number of amidine groups is 1. The Hall–Kier alpha value is -10.9. The van der Waals surface area contributed by atoms with Crippen molar-refractivity contribution >= 4 is 96.1 Å². The first-order chi connectivity index (χ1) is 51.7. The fraction of sp³-hybridized carbons (Fsp3) is 0.144. The minimum Gasteiger partial charge on any atom is -0.462 e. The Morgan fingerprint density at radius 1 is 0.321 bits per heavy atom. The molecule has 0 aliphatic carbocycles. The molecule has 12 aromatic rings. The molecule has 0 aromatic heterocycles. The number of carbonyl (C=O) groups excluding carboxylic acids is 4. The van der Waals surface area contributed by atoms with Gasteiger partial charge >= 0.3 is 23.9 Å². The van der Waals surface area contributed by atoms with Crippen molar-refractivity contribution in [3.05, 3.63) is 412 Å². The van der Waals surface area contributed by atoms with Crippen LogP contribution in [0.15, 0.2) is 329 Å². The largest absolute Gasteiger partial charge is 0.462 e. The zero-order chi connectivity index (χ0) is 73.8. The average Bonchev–Trinajstić information content (AvgIpc) is 1.44. The lowest BCUT2D eigenvalue weighted by atomic mass is 9.61. The maximum atomic E-state index is 14.5.